The van der Waals surface area contributed by atoms with Gasteiger partial charge < -0.3 is 9.80 Å². The molecule has 1 fully saturated rings. The van der Waals surface area contributed by atoms with E-state index in [-0.39, 0.29) is 24.5 Å². The highest BCUT2D eigenvalue weighted by Crippen LogP contribution is 2.20. The molecule has 0 unspecified atom stereocenters. The van der Waals surface area contributed by atoms with Crippen LogP contribution in [0.15, 0.2) is 73.1 Å². The van der Waals surface area contributed by atoms with E-state index in [1.54, 1.807) is 18.5 Å². The van der Waals surface area contributed by atoms with Gasteiger partial charge >= 0.3 is 0 Å². The van der Waals surface area contributed by atoms with Crippen molar-refractivity contribution >= 4 is 17.6 Å². The van der Waals surface area contributed by atoms with Crippen molar-refractivity contribution in [3.8, 4) is 11.1 Å². The van der Waals surface area contributed by atoms with Crippen LogP contribution in [0.5, 0.6) is 0 Å². The summed E-state index contributed by atoms with van der Waals surface area (Å²) < 4.78 is 0. The Kier molecular flexibility index (Phi) is 6.13. The second kappa shape index (κ2) is 9.31. The number of carbonyl (C=O) groups excluding carboxylic acids is 2. The molecule has 30 heavy (non-hydrogen) atoms. The van der Waals surface area contributed by atoms with Crippen LogP contribution < -0.4 is 4.90 Å². The van der Waals surface area contributed by atoms with Gasteiger partial charge in [0.2, 0.25) is 11.9 Å². The van der Waals surface area contributed by atoms with Crippen LogP contribution in [0.4, 0.5) is 5.95 Å². The predicted molar refractivity (Wildman–Crippen MR) is 116 cm³/mol. The lowest BCUT2D eigenvalue weighted by Crippen LogP contribution is -2.49. The van der Waals surface area contributed by atoms with Crippen molar-refractivity contribution in [2.75, 3.05) is 31.1 Å². The van der Waals surface area contributed by atoms with Crippen molar-refractivity contribution in [3.05, 3.63) is 78.6 Å². The van der Waals surface area contributed by atoms with E-state index >= 15 is 0 Å². The number of nitrogens with zero attached hydrogens (tertiary/aromatic N) is 4. The summed E-state index contributed by atoms with van der Waals surface area (Å²) in [5, 5.41) is 0. The number of anilines is 1. The summed E-state index contributed by atoms with van der Waals surface area (Å²) in [7, 11) is 0. The minimum absolute atomic E-state index is 0.000664. The predicted octanol–water partition coefficient (Wildman–Crippen LogP) is 3.46. The molecule has 152 valence electrons. The fraction of sp³-hybridized carbons (Fsp3) is 0.250. The normalized spacial score (nSPS) is 13.9. The number of ketones is 1. The molecule has 0 N–H and O–H groups in total. The van der Waals surface area contributed by atoms with Gasteiger partial charge in [-0.05, 0) is 17.2 Å². The van der Waals surface area contributed by atoms with E-state index in [9.17, 15) is 9.59 Å². The third kappa shape index (κ3) is 4.71. The van der Waals surface area contributed by atoms with Crippen LogP contribution in [0, 0.1) is 0 Å². The number of carbonyl (C=O) groups is 2. The van der Waals surface area contributed by atoms with Crippen LogP contribution in [-0.2, 0) is 4.79 Å². The maximum absolute atomic E-state index is 12.5. The lowest BCUT2D eigenvalue weighted by atomic mass is 10.0. The molecule has 4 rings (SSSR count). The third-order valence-corrected chi connectivity index (χ3v) is 5.35. The van der Waals surface area contributed by atoms with Gasteiger partial charge in [0, 0.05) is 57.0 Å². The summed E-state index contributed by atoms with van der Waals surface area (Å²) in [5.41, 5.74) is 2.84. The average molecular weight is 400 g/mol. The summed E-state index contributed by atoms with van der Waals surface area (Å²) in [6.07, 6.45) is 3.91. The number of rotatable bonds is 6. The SMILES string of the molecule is O=C(CCC(=O)N1CCN(c2ncccn2)CC1)c1ccc(-c2ccccc2)cc1. The Labute approximate surface area is 176 Å². The Bertz CT molecular complexity index is 983. The first-order valence-corrected chi connectivity index (χ1v) is 10.2. The number of Topliss-reactive ketones (excluding diaryl/α,β-unsaturated/α-hetero) is 1. The summed E-state index contributed by atoms with van der Waals surface area (Å²) in [6, 6.07) is 19.4. The Balaban J connectivity index is 1.26. The molecule has 1 aliphatic heterocycles. The van der Waals surface area contributed by atoms with Crippen LogP contribution in [0.3, 0.4) is 0 Å². The molecule has 1 amide bonds. The molecular formula is C24H24N4O2. The van der Waals surface area contributed by atoms with Gasteiger partial charge in [-0.2, -0.15) is 0 Å². The topological polar surface area (TPSA) is 66.4 Å². The van der Waals surface area contributed by atoms with Gasteiger partial charge in [0.05, 0.1) is 0 Å². The Morgan fingerprint density at radius 1 is 0.733 bits per heavy atom. The molecule has 1 saturated heterocycles. The second-order valence-electron chi connectivity index (χ2n) is 7.28. The van der Waals surface area contributed by atoms with Gasteiger partial charge in [0.15, 0.2) is 5.78 Å². The average Bonchev–Trinajstić information content (AvgIpc) is 2.83. The molecule has 0 radical (unpaired) electrons. The van der Waals surface area contributed by atoms with Crippen molar-refractivity contribution in [3.63, 3.8) is 0 Å². The molecule has 0 aliphatic carbocycles. The molecule has 6 heteroatoms. The van der Waals surface area contributed by atoms with Crippen LogP contribution in [0.1, 0.15) is 23.2 Å². The fourth-order valence-corrected chi connectivity index (χ4v) is 3.61. The lowest BCUT2D eigenvalue weighted by molar-refractivity contribution is -0.131. The molecule has 0 saturated carbocycles. The van der Waals surface area contributed by atoms with Gasteiger partial charge in [-0.1, -0.05) is 54.6 Å². The largest absolute Gasteiger partial charge is 0.339 e. The first-order valence-electron chi connectivity index (χ1n) is 10.2. The number of benzene rings is 2. The summed E-state index contributed by atoms with van der Waals surface area (Å²) >= 11 is 0. The van der Waals surface area contributed by atoms with E-state index in [2.05, 4.69) is 14.9 Å². The minimum atomic E-state index is -0.000664. The number of piperazine rings is 1. The number of amides is 1. The minimum Gasteiger partial charge on any atom is -0.339 e. The maximum atomic E-state index is 12.5. The number of hydrogen-bond donors (Lipinski definition) is 0. The van der Waals surface area contributed by atoms with E-state index < -0.39 is 0 Å². The van der Waals surface area contributed by atoms with Gasteiger partial charge in [-0.15, -0.1) is 0 Å². The Hall–Kier alpha value is -3.54. The fourth-order valence-electron chi connectivity index (χ4n) is 3.61. The Morgan fingerprint density at radius 2 is 1.37 bits per heavy atom. The van der Waals surface area contributed by atoms with Gasteiger partial charge in [-0.25, -0.2) is 9.97 Å². The zero-order valence-corrected chi connectivity index (χ0v) is 16.8. The third-order valence-electron chi connectivity index (χ3n) is 5.35. The van der Waals surface area contributed by atoms with E-state index in [0.717, 1.165) is 11.1 Å². The number of hydrogen-bond acceptors (Lipinski definition) is 5. The first-order chi connectivity index (χ1) is 14.7. The summed E-state index contributed by atoms with van der Waals surface area (Å²) in [6.45, 7) is 2.64. The van der Waals surface area contributed by atoms with E-state index in [0.29, 0.717) is 37.7 Å². The number of aromatic nitrogens is 2. The second-order valence-corrected chi connectivity index (χ2v) is 7.28. The monoisotopic (exact) mass is 400 g/mol. The molecule has 1 aromatic heterocycles. The zero-order chi connectivity index (χ0) is 20.8. The van der Waals surface area contributed by atoms with Crippen LogP contribution in [0.2, 0.25) is 0 Å². The zero-order valence-electron chi connectivity index (χ0n) is 16.8. The standard InChI is InChI=1S/C24H24N4O2/c29-22(21-9-7-20(8-10-21)19-5-2-1-3-6-19)11-12-23(30)27-15-17-28(18-16-27)24-25-13-4-14-26-24/h1-10,13-14H,11-12,15-18H2. The lowest BCUT2D eigenvalue weighted by Gasteiger charge is -2.34. The van der Waals surface area contributed by atoms with Crippen LogP contribution in [-0.4, -0.2) is 52.7 Å². The molecule has 3 aromatic rings. The Morgan fingerprint density at radius 3 is 2.03 bits per heavy atom. The molecule has 0 bridgehead atoms. The molecular weight excluding hydrogens is 376 g/mol. The molecule has 2 heterocycles. The quantitative estimate of drug-likeness (QED) is 0.593. The highest BCUT2D eigenvalue weighted by Gasteiger charge is 2.22. The molecule has 2 aromatic carbocycles. The smallest absolute Gasteiger partial charge is 0.225 e. The highest BCUT2D eigenvalue weighted by molar-refractivity contribution is 5.98. The van der Waals surface area contributed by atoms with Gasteiger partial charge in [-0.3, -0.25) is 9.59 Å². The van der Waals surface area contributed by atoms with E-state index in [4.69, 9.17) is 0 Å². The molecule has 0 atom stereocenters. The van der Waals surface area contributed by atoms with Crippen molar-refractivity contribution in [2.45, 2.75) is 12.8 Å². The maximum Gasteiger partial charge on any atom is 0.225 e. The van der Waals surface area contributed by atoms with Gasteiger partial charge in [0.25, 0.3) is 0 Å². The van der Waals surface area contributed by atoms with E-state index in [1.807, 2.05) is 59.5 Å². The van der Waals surface area contributed by atoms with Crippen molar-refractivity contribution in [1.82, 2.24) is 14.9 Å². The first kappa shape index (κ1) is 19.8. The van der Waals surface area contributed by atoms with Crippen LogP contribution in [0.25, 0.3) is 11.1 Å². The van der Waals surface area contributed by atoms with E-state index in [1.165, 1.54) is 0 Å². The summed E-state index contributed by atoms with van der Waals surface area (Å²) in [5.74, 6) is 0.718. The van der Waals surface area contributed by atoms with Crippen molar-refractivity contribution in [2.24, 2.45) is 0 Å². The highest BCUT2D eigenvalue weighted by atomic mass is 16.2. The van der Waals surface area contributed by atoms with Gasteiger partial charge in [0.1, 0.15) is 0 Å². The molecule has 1 aliphatic rings. The van der Waals surface area contributed by atoms with Crippen LogP contribution >= 0.6 is 0 Å². The van der Waals surface area contributed by atoms with Crippen molar-refractivity contribution < 1.29 is 9.59 Å². The van der Waals surface area contributed by atoms with Crippen molar-refractivity contribution in [1.29, 1.82) is 0 Å². The summed E-state index contributed by atoms with van der Waals surface area (Å²) in [4.78, 5) is 37.5. The molecule has 6 nitrogen and oxygen atoms in total. The molecule has 0 spiro atoms.